The zero-order valence-corrected chi connectivity index (χ0v) is 10.6. The monoisotopic (exact) mass is 227 g/mol. The molecule has 0 amide bonds. The van der Waals surface area contributed by atoms with Gasteiger partial charge < -0.3 is 10.2 Å². The fraction of sp³-hybridized carbons (Fsp3) is 1.00. The summed E-state index contributed by atoms with van der Waals surface area (Å²) in [6, 6.07) is 0.576. The van der Waals surface area contributed by atoms with Gasteiger partial charge in [0.2, 0.25) is 0 Å². The SMILES string of the molecule is CC1(O)CN(C2CCCCC2)CC(C)(O)C1. The van der Waals surface area contributed by atoms with Gasteiger partial charge in [-0.1, -0.05) is 19.3 Å². The van der Waals surface area contributed by atoms with Crippen molar-refractivity contribution in [3.05, 3.63) is 0 Å². The summed E-state index contributed by atoms with van der Waals surface area (Å²) in [5.74, 6) is 0. The summed E-state index contributed by atoms with van der Waals surface area (Å²) in [7, 11) is 0. The number of hydrogen-bond donors (Lipinski definition) is 2. The minimum Gasteiger partial charge on any atom is -0.389 e. The highest BCUT2D eigenvalue weighted by Crippen LogP contribution is 2.32. The van der Waals surface area contributed by atoms with Gasteiger partial charge in [-0.15, -0.1) is 0 Å². The van der Waals surface area contributed by atoms with E-state index >= 15 is 0 Å². The normalized spacial score (nSPS) is 43.5. The Morgan fingerprint density at radius 2 is 1.44 bits per heavy atom. The molecule has 2 aliphatic rings. The van der Waals surface area contributed by atoms with E-state index in [9.17, 15) is 10.2 Å². The van der Waals surface area contributed by atoms with Crippen molar-refractivity contribution in [2.45, 2.75) is 69.6 Å². The van der Waals surface area contributed by atoms with Crippen LogP contribution in [0.5, 0.6) is 0 Å². The number of rotatable bonds is 1. The molecular weight excluding hydrogens is 202 g/mol. The largest absolute Gasteiger partial charge is 0.389 e. The smallest absolute Gasteiger partial charge is 0.0773 e. The maximum atomic E-state index is 10.2. The van der Waals surface area contributed by atoms with Crippen LogP contribution in [-0.4, -0.2) is 45.4 Å². The van der Waals surface area contributed by atoms with Gasteiger partial charge in [0, 0.05) is 25.6 Å². The van der Waals surface area contributed by atoms with Crippen LogP contribution in [0.25, 0.3) is 0 Å². The van der Waals surface area contributed by atoms with Crippen LogP contribution in [0.4, 0.5) is 0 Å². The van der Waals surface area contributed by atoms with E-state index in [4.69, 9.17) is 0 Å². The Kier molecular flexibility index (Phi) is 3.30. The second-order valence-electron chi connectivity index (χ2n) is 6.37. The quantitative estimate of drug-likeness (QED) is 0.714. The molecule has 0 radical (unpaired) electrons. The lowest BCUT2D eigenvalue weighted by atomic mass is 9.82. The second-order valence-corrected chi connectivity index (χ2v) is 6.37. The van der Waals surface area contributed by atoms with Gasteiger partial charge in [-0.25, -0.2) is 0 Å². The lowest BCUT2D eigenvalue weighted by Gasteiger charge is -2.48. The highest BCUT2D eigenvalue weighted by molar-refractivity contribution is 4.97. The van der Waals surface area contributed by atoms with E-state index < -0.39 is 11.2 Å². The van der Waals surface area contributed by atoms with E-state index in [1.165, 1.54) is 32.1 Å². The molecule has 0 aromatic heterocycles. The van der Waals surface area contributed by atoms with Gasteiger partial charge in [-0.3, -0.25) is 4.90 Å². The number of piperidine rings is 1. The molecule has 0 aromatic rings. The van der Waals surface area contributed by atoms with Crippen LogP contribution in [0.2, 0.25) is 0 Å². The molecule has 3 heteroatoms. The van der Waals surface area contributed by atoms with Crippen molar-refractivity contribution >= 4 is 0 Å². The number of aliphatic hydroxyl groups is 2. The number of β-amino-alcohol motifs (C(OH)–C–C–N with tert-alkyl or cyclic N) is 2. The molecule has 2 N–H and O–H groups in total. The Labute approximate surface area is 98.5 Å². The van der Waals surface area contributed by atoms with Gasteiger partial charge in [0.15, 0.2) is 0 Å². The fourth-order valence-corrected chi connectivity index (χ4v) is 3.57. The van der Waals surface area contributed by atoms with Crippen LogP contribution >= 0.6 is 0 Å². The molecular formula is C13H25NO2. The molecule has 1 saturated carbocycles. The highest BCUT2D eigenvalue weighted by Gasteiger charge is 2.42. The highest BCUT2D eigenvalue weighted by atomic mass is 16.3. The summed E-state index contributed by atoms with van der Waals surface area (Å²) in [5.41, 5.74) is -1.47. The maximum absolute atomic E-state index is 10.2. The zero-order valence-electron chi connectivity index (χ0n) is 10.6. The van der Waals surface area contributed by atoms with Crippen molar-refractivity contribution < 1.29 is 10.2 Å². The molecule has 2 atom stereocenters. The van der Waals surface area contributed by atoms with Crippen molar-refractivity contribution in [2.75, 3.05) is 13.1 Å². The average molecular weight is 227 g/mol. The molecule has 2 fully saturated rings. The Balaban J connectivity index is 2.03. The van der Waals surface area contributed by atoms with Crippen LogP contribution in [0.3, 0.4) is 0 Å². The number of likely N-dealkylation sites (tertiary alicyclic amines) is 1. The summed E-state index contributed by atoms with van der Waals surface area (Å²) in [6.07, 6.45) is 6.88. The molecule has 1 aliphatic heterocycles. The van der Waals surface area contributed by atoms with E-state index in [1.54, 1.807) is 0 Å². The topological polar surface area (TPSA) is 43.7 Å². The maximum Gasteiger partial charge on any atom is 0.0773 e. The molecule has 1 aliphatic carbocycles. The summed E-state index contributed by atoms with van der Waals surface area (Å²) in [6.45, 7) is 5.12. The van der Waals surface area contributed by atoms with Gasteiger partial charge in [-0.2, -0.15) is 0 Å². The standard InChI is InChI=1S/C13H25NO2/c1-12(15)8-13(2,16)10-14(9-12)11-6-4-3-5-7-11/h11,15-16H,3-10H2,1-2H3. The van der Waals surface area contributed by atoms with Crippen molar-refractivity contribution in [1.82, 2.24) is 4.90 Å². The number of nitrogens with zero attached hydrogens (tertiary/aromatic N) is 1. The van der Waals surface area contributed by atoms with Gasteiger partial charge in [0.1, 0.15) is 0 Å². The molecule has 1 saturated heterocycles. The Hall–Kier alpha value is -0.120. The molecule has 94 valence electrons. The van der Waals surface area contributed by atoms with Crippen molar-refractivity contribution in [1.29, 1.82) is 0 Å². The Bertz CT molecular complexity index is 228. The van der Waals surface area contributed by atoms with Gasteiger partial charge in [-0.05, 0) is 26.7 Å². The third-order valence-corrected chi connectivity index (χ3v) is 3.94. The van der Waals surface area contributed by atoms with Crippen LogP contribution in [0.15, 0.2) is 0 Å². The first-order valence-electron chi connectivity index (χ1n) is 6.57. The van der Waals surface area contributed by atoms with Crippen LogP contribution < -0.4 is 0 Å². The Morgan fingerprint density at radius 3 is 1.94 bits per heavy atom. The van der Waals surface area contributed by atoms with Crippen molar-refractivity contribution in [3.8, 4) is 0 Å². The average Bonchev–Trinajstić information content (AvgIpc) is 2.14. The predicted molar refractivity (Wildman–Crippen MR) is 64.3 cm³/mol. The minimum atomic E-state index is -0.737. The lowest BCUT2D eigenvalue weighted by Crippen LogP contribution is -2.60. The fourth-order valence-electron chi connectivity index (χ4n) is 3.57. The summed E-state index contributed by atoms with van der Waals surface area (Å²) >= 11 is 0. The zero-order chi connectivity index (χ0) is 11.8. The molecule has 16 heavy (non-hydrogen) atoms. The molecule has 3 nitrogen and oxygen atoms in total. The predicted octanol–water partition coefficient (Wildman–Crippen LogP) is 1.53. The number of hydrogen-bond acceptors (Lipinski definition) is 3. The van der Waals surface area contributed by atoms with Gasteiger partial charge in [0.05, 0.1) is 11.2 Å². The van der Waals surface area contributed by atoms with E-state index in [2.05, 4.69) is 4.90 Å². The third-order valence-electron chi connectivity index (χ3n) is 3.94. The second kappa shape index (κ2) is 4.28. The molecule has 0 aromatic carbocycles. The first-order chi connectivity index (χ1) is 7.38. The van der Waals surface area contributed by atoms with Crippen molar-refractivity contribution in [3.63, 3.8) is 0 Å². The summed E-state index contributed by atoms with van der Waals surface area (Å²) in [4.78, 5) is 2.31. The van der Waals surface area contributed by atoms with E-state index in [0.29, 0.717) is 25.6 Å². The van der Waals surface area contributed by atoms with Crippen LogP contribution in [-0.2, 0) is 0 Å². The molecule has 2 unspecified atom stereocenters. The van der Waals surface area contributed by atoms with E-state index in [-0.39, 0.29) is 0 Å². The molecule has 2 rings (SSSR count). The lowest BCUT2D eigenvalue weighted by molar-refractivity contribution is -0.127. The van der Waals surface area contributed by atoms with Crippen LogP contribution in [0, 0.1) is 0 Å². The van der Waals surface area contributed by atoms with Gasteiger partial charge in [0.25, 0.3) is 0 Å². The van der Waals surface area contributed by atoms with E-state index in [0.717, 1.165) is 0 Å². The van der Waals surface area contributed by atoms with Crippen molar-refractivity contribution in [2.24, 2.45) is 0 Å². The minimum absolute atomic E-state index is 0.489. The molecule has 0 bridgehead atoms. The Morgan fingerprint density at radius 1 is 0.938 bits per heavy atom. The summed E-state index contributed by atoms with van der Waals surface area (Å²) < 4.78 is 0. The van der Waals surface area contributed by atoms with E-state index in [1.807, 2.05) is 13.8 Å². The summed E-state index contributed by atoms with van der Waals surface area (Å²) in [5, 5.41) is 20.4. The molecule has 0 spiro atoms. The van der Waals surface area contributed by atoms with Gasteiger partial charge >= 0.3 is 0 Å². The first kappa shape index (κ1) is 12.3. The first-order valence-corrected chi connectivity index (χ1v) is 6.57. The third kappa shape index (κ3) is 2.96. The van der Waals surface area contributed by atoms with Crippen LogP contribution in [0.1, 0.15) is 52.4 Å². The molecule has 1 heterocycles.